The zero-order valence-electron chi connectivity index (χ0n) is 6.63. The molecule has 60 valence electrons. The Labute approximate surface area is 61.8 Å². The maximum Gasteiger partial charge on any atom is 0.221 e. The Hall–Kier alpha value is -0.570. The van der Waals surface area contributed by atoms with E-state index < -0.39 is 0 Å². The van der Waals surface area contributed by atoms with Gasteiger partial charge in [-0.3, -0.25) is 4.79 Å². The third kappa shape index (κ3) is 3.45. The predicted molar refractivity (Wildman–Crippen MR) is 41.2 cm³/mol. The van der Waals surface area contributed by atoms with Crippen LogP contribution in [0.1, 0.15) is 20.3 Å². The van der Waals surface area contributed by atoms with Crippen molar-refractivity contribution in [3.05, 3.63) is 0 Å². The first-order chi connectivity index (χ1) is 4.57. The van der Waals surface area contributed by atoms with Crippen LogP contribution in [0.4, 0.5) is 0 Å². The van der Waals surface area contributed by atoms with Crippen LogP contribution < -0.4 is 11.5 Å². The van der Waals surface area contributed by atoms with E-state index >= 15 is 0 Å². The lowest BCUT2D eigenvalue weighted by molar-refractivity contribution is -0.121. The van der Waals surface area contributed by atoms with Crippen LogP contribution in [-0.2, 0) is 4.79 Å². The molecule has 0 bridgehead atoms. The molecule has 0 fully saturated rings. The summed E-state index contributed by atoms with van der Waals surface area (Å²) in [5, 5.41) is 0. The second-order valence-electron chi connectivity index (χ2n) is 2.96. The largest absolute Gasteiger partial charge is 0.369 e. The van der Waals surface area contributed by atoms with Crippen LogP contribution in [0.5, 0.6) is 0 Å². The van der Waals surface area contributed by atoms with E-state index in [-0.39, 0.29) is 11.8 Å². The first-order valence-electron chi connectivity index (χ1n) is 3.57. The second kappa shape index (κ2) is 4.28. The fourth-order valence-corrected chi connectivity index (χ4v) is 0.898. The van der Waals surface area contributed by atoms with Crippen LogP contribution in [0.2, 0.25) is 0 Å². The van der Waals surface area contributed by atoms with Gasteiger partial charge in [-0.05, 0) is 12.3 Å². The highest BCUT2D eigenvalue weighted by Crippen LogP contribution is 2.08. The van der Waals surface area contributed by atoms with Crippen LogP contribution in [0.3, 0.4) is 0 Å². The van der Waals surface area contributed by atoms with Gasteiger partial charge in [0, 0.05) is 6.54 Å². The molecule has 3 heteroatoms. The molecule has 1 unspecified atom stereocenters. The number of carbonyl (C=O) groups excluding carboxylic acids is 1. The van der Waals surface area contributed by atoms with E-state index in [0.29, 0.717) is 12.5 Å². The maximum absolute atomic E-state index is 10.6. The molecular formula is C7H16N2O. The monoisotopic (exact) mass is 144 g/mol. The summed E-state index contributed by atoms with van der Waals surface area (Å²) >= 11 is 0. The van der Waals surface area contributed by atoms with Gasteiger partial charge in [0.2, 0.25) is 5.91 Å². The highest BCUT2D eigenvalue weighted by molar-refractivity contribution is 5.76. The van der Waals surface area contributed by atoms with Crippen molar-refractivity contribution in [2.45, 2.75) is 20.3 Å². The Morgan fingerprint density at radius 2 is 2.00 bits per heavy atom. The van der Waals surface area contributed by atoms with Gasteiger partial charge in [-0.15, -0.1) is 0 Å². The number of carbonyl (C=O) groups is 1. The van der Waals surface area contributed by atoms with Crippen molar-refractivity contribution in [2.75, 3.05) is 6.54 Å². The molecule has 0 radical (unpaired) electrons. The third-order valence-corrected chi connectivity index (χ3v) is 1.44. The average molecular weight is 144 g/mol. The van der Waals surface area contributed by atoms with Crippen molar-refractivity contribution in [3.63, 3.8) is 0 Å². The summed E-state index contributed by atoms with van der Waals surface area (Å²) in [5.74, 6) is 0.0669. The Morgan fingerprint density at radius 1 is 1.50 bits per heavy atom. The van der Waals surface area contributed by atoms with Gasteiger partial charge < -0.3 is 11.5 Å². The van der Waals surface area contributed by atoms with Gasteiger partial charge in [-0.25, -0.2) is 0 Å². The van der Waals surface area contributed by atoms with Crippen molar-refractivity contribution in [2.24, 2.45) is 23.3 Å². The van der Waals surface area contributed by atoms with Gasteiger partial charge in [-0.2, -0.15) is 0 Å². The highest BCUT2D eigenvalue weighted by atomic mass is 16.1. The molecule has 0 spiro atoms. The first kappa shape index (κ1) is 9.43. The molecule has 0 heterocycles. The van der Waals surface area contributed by atoms with Crippen molar-refractivity contribution >= 4 is 5.91 Å². The molecule has 1 amide bonds. The Kier molecular flexibility index (Phi) is 4.03. The van der Waals surface area contributed by atoms with Crippen LogP contribution in [0.25, 0.3) is 0 Å². The first-order valence-corrected chi connectivity index (χ1v) is 3.57. The van der Waals surface area contributed by atoms with E-state index in [2.05, 4.69) is 0 Å². The quantitative estimate of drug-likeness (QED) is 0.587. The zero-order chi connectivity index (χ0) is 8.15. The SMILES string of the molecule is CC(C)CC(CN)C(N)=O. The van der Waals surface area contributed by atoms with E-state index in [0.717, 1.165) is 6.42 Å². The van der Waals surface area contributed by atoms with Crippen molar-refractivity contribution < 1.29 is 4.79 Å². The molecule has 0 aromatic rings. The van der Waals surface area contributed by atoms with E-state index in [1.54, 1.807) is 0 Å². The summed E-state index contributed by atoms with van der Waals surface area (Å²) in [4.78, 5) is 10.6. The summed E-state index contributed by atoms with van der Waals surface area (Å²) < 4.78 is 0. The number of hydrogen-bond donors (Lipinski definition) is 2. The maximum atomic E-state index is 10.6. The highest BCUT2D eigenvalue weighted by Gasteiger charge is 2.13. The Balaban J connectivity index is 3.72. The molecule has 1 atom stereocenters. The molecule has 0 aliphatic rings. The Bertz CT molecular complexity index is 112. The summed E-state index contributed by atoms with van der Waals surface area (Å²) in [7, 11) is 0. The number of amides is 1. The van der Waals surface area contributed by atoms with Crippen LogP contribution in [-0.4, -0.2) is 12.5 Å². The van der Waals surface area contributed by atoms with E-state index in [1.165, 1.54) is 0 Å². The molecule has 0 saturated heterocycles. The van der Waals surface area contributed by atoms with E-state index in [9.17, 15) is 4.79 Å². The second-order valence-corrected chi connectivity index (χ2v) is 2.96. The van der Waals surface area contributed by atoms with E-state index in [1.807, 2.05) is 13.8 Å². The minimum Gasteiger partial charge on any atom is -0.369 e. The molecule has 10 heavy (non-hydrogen) atoms. The molecule has 3 nitrogen and oxygen atoms in total. The molecule has 4 N–H and O–H groups in total. The molecule has 0 saturated carbocycles. The molecule has 0 aliphatic carbocycles. The summed E-state index contributed by atoms with van der Waals surface area (Å²) in [6.45, 7) is 4.46. The molecule has 0 aliphatic heterocycles. The van der Waals surface area contributed by atoms with Crippen molar-refractivity contribution in [1.82, 2.24) is 0 Å². The number of hydrogen-bond acceptors (Lipinski definition) is 2. The standard InChI is InChI=1S/C7H16N2O/c1-5(2)3-6(4-8)7(9)10/h5-6H,3-4,8H2,1-2H3,(H2,9,10). The topological polar surface area (TPSA) is 69.1 Å². The van der Waals surface area contributed by atoms with Gasteiger partial charge in [-0.1, -0.05) is 13.8 Å². The van der Waals surface area contributed by atoms with Gasteiger partial charge in [0.1, 0.15) is 0 Å². The minimum atomic E-state index is -0.281. The van der Waals surface area contributed by atoms with Crippen molar-refractivity contribution in [3.8, 4) is 0 Å². The van der Waals surface area contributed by atoms with E-state index in [4.69, 9.17) is 11.5 Å². The molecule has 0 rings (SSSR count). The molecule has 0 aromatic heterocycles. The fourth-order valence-electron chi connectivity index (χ4n) is 0.898. The van der Waals surface area contributed by atoms with Crippen LogP contribution in [0.15, 0.2) is 0 Å². The van der Waals surface area contributed by atoms with Crippen molar-refractivity contribution in [1.29, 1.82) is 0 Å². The predicted octanol–water partition coefficient (Wildman–Crippen LogP) is 0.0927. The van der Waals surface area contributed by atoms with Crippen LogP contribution >= 0.6 is 0 Å². The fraction of sp³-hybridized carbons (Fsp3) is 0.857. The summed E-state index contributed by atoms with van der Waals surface area (Å²) in [6, 6.07) is 0. The Morgan fingerprint density at radius 3 is 2.10 bits per heavy atom. The van der Waals surface area contributed by atoms with Crippen LogP contribution in [0, 0.1) is 11.8 Å². The number of rotatable bonds is 4. The van der Waals surface area contributed by atoms with Gasteiger partial charge >= 0.3 is 0 Å². The summed E-state index contributed by atoms with van der Waals surface area (Å²) in [5.41, 5.74) is 10.4. The normalized spacial score (nSPS) is 13.6. The summed E-state index contributed by atoms with van der Waals surface area (Å²) in [6.07, 6.45) is 0.797. The van der Waals surface area contributed by atoms with Gasteiger partial charge in [0.05, 0.1) is 5.92 Å². The smallest absolute Gasteiger partial charge is 0.221 e. The van der Waals surface area contributed by atoms with Gasteiger partial charge in [0.25, 0.3) is 0 Å². The molecular weight excluding hydrogens is 128 g/mol. The third-order valence-electron chi connectivity index (χ3n) is 1.44. The number of nitrogens with two attached hydrogens (primary N) is 2. The minimum absolute atomic E-state index is 0.139. The molecule has 0 aromatic carbocycles. The lowest BCUT2D eigenvalue weighted by atomic mass is 9.97. The number of primary amides is 1. The lowest BCUT2D eigenvalue weighted by Gasteiger charge is -2.12. The zero-order valence-corrected chi connectivity index (χ0v) is 6.63. The van der Waals surface area contributed by atoms with Gasteiger partial charge in [0.15, 0.2) is 0 Å². The lowest BCUT2D eigenvalue weighted by Crippen LogP contribution is -2.30. The average Bonchev–Trinajstić information content (AvgIpc) is 1.81.